The smallest absolute Gasteiger partial charge is 0.168 e. The number of rotatable bonds is 6. The summed E-state index contributed by atoms with van der Waals surface area (Å²) in [5.74, 6) is 0.873. The van der Waals surface area contributed by atoms with Crippen LogP contribution < -0.4 is 0 Å². The van der Waals surface area contributed by atoms with E-state index in [1.54, 1.807) is 18.0 Å². The molecule has 0 aliphatic carbocycles. The second kappa shape index (κ2) is 7.49. The minimum Gasteiger partial charge on any atom is -0.390 e. The molecule has 0 amide bonds. The van der Waals surface area contributed by atoms with Crippen LogP contribution in [0.5, 0.6) is 0 Å². The number of aryl methyl sites for hydroxylation is 1. The number of thioether (sulfide) groups is 1. The van der Waals surface area contributed by atoms with Crippen LogP contribution in [-0.4, -0.2) is 14.7 Å². The number of imidazole rings is 1. The molecule has 118 valence electrons. The largest absolute Gasteiger partial charge is 0.390 e. The maximum Gasteiger partial charge on any atom is 0.168 e. The van der Waals surface area contributed by atoms with Gasteiger partial charge in [-0.2, -0.15) is 0 Å². The number of aromatic nitrogens is 2. The van der Waals surface area contributed by atoms with Crippen LogP contribution in [0.2, 0.25) is 0 Å². The van der Waals surface area contributed by atoms with Gasteiger partial charge in [-0.3, -0.25) is 0 Å². The molecule has 3 nitrogen and oxygen atoms in total. The lowest BCUT2D eigenvalue weighted by atomic mass is 10.2. The van der Waals surface area contributed by atoms with Crippen LogP contribution in [0.25, 0.3) is 0 Å². The molecular formula is C19H20N2OS. The van der Waals surface area contributed by atoms with Gasteiger partial charge >= 0.3 is 0 Å². The van der Waals surface area contributed by atoms with Crippen molar-refractivity contribution in [2.24, 2.45) is 0 Å². The van der Waals surface area contributed by atoms with E-state index in [0.717, 1.165) is 23.1 Å². The molecule has 0 fully saturated rings. The van der Waals surface area contributed by atoms with Gasteiger partial charge in [-0.25, -0.2) is 4.98 Å². The Hall–Kier alpha value is -2.04. The van der Waals surface area contributed by atoms with Gasteiger partial charge in [0, 0.05) is 12.3 Å². The Morgan fingerprint density at radius 1 is 1.04 bits per heavy atom. The van der Waals surface area contributed by atoms with Gasteiger partial charge in [0.2, 0.25) is 0 Å². The molecule has 0 aliphatic heterocycles. The van der Waals surface area contributed by atoms with E-state index in [9.17, 15) is 5.11 Å². The fraction of sp³-hybridized carbons (Fsp3) is 0.211. The summed E-state index contributed by atoms with van der Waals surface area (Å²) < 4.78 is 2.09. The number of nitrogens with zero attached hydrogens (tertiary/aromatic N) is 2. The van der Waals surface area contributed by atoms with Crippen LogP contribution in [0, 0.1) is 6.92 Å². The van der Waals surface area contributed by atoms with E-state index in [1.807, 2.05) is 18.2 Å². The molecule has 0 bridgehead atoms. The third kappa shape index (κ3) is 4.03. The quantitative estimate of drug-likeness (QED) is 0.696. The maximum atomic E-state index is 9.56. The molecule has 3 aromatic rings. The number of aliphatic hydroxyl groups excluding tert-OH is 1. The summed E-state index contributed by atoms with van der Waals surface area (Å²) in [6.07, 6.45) is 1.77. The van der Waals surface area contributed by atoms with E-state index in [0.29, 0.717) is 0 Å². The Kier molecular flexibility index (Phi) is 5.16. The summed E-state index contributed by atoms with van der Waals surface area (Å²) in [6.45, 7) is 2.84. The monoisotopic (exact) mass is 324 g/mol. The zero-order chi connectivity index (χ0) is 16.1. The molecule has 0 radical (unpaired) electrons. The number of hydrogen-bond donors (Lipinski definition) is 1. The standard InChI is InChI=1S/C19H20N2OS/c1-15-6-5-9-17(10-15)14-23-19-20-11-18(13-22)21(19)12-16-7-3-2-4-8-16/h2-11,22H,12-14H2,1H3. The van der Waals surface area contributed by atoms with Crippen molar-refractivity contribution in [3.8, 4) is 0 Å². The Morgan fingerprint density at radius 3 is 2.57 bits per heavy atom. The maximum absolute atomic E-state index is 9.56. The number of benzene rings is 2. The number of aliphatic hydroxyl groups is 1. The SMILES string of the molecule is Cc1cccc(CSc2ncc(CO)n2Cc2ccccc2)c1. The van der Waals surface area contributed by atoms with Gasteiger partial charge in [0.05, 0.1) is 18.5 Å². The van der Waals surface area contributed by atoms with Gasteiger partial charge < -0.3 is 9.67 Å². The Balaban J connectivity index is 1.78. The van der Waals surface area contributed by atoms with E-state index >= 15 is 0 Å². The first-order valence-electron chi connectivity index (χ1n) is 7.64. The summed E-state index contributed by atoms with van der Waals surface area (Å²) >= 11 is 1.71. The number of hydrogen-bond acceptors (Lipinski definition) is 3. The lowest BCUT2D eigenvalue weighted by molar-refractivity contribution is 0.270. The fourth-order valence-electron chi connectivity index (χ4n) is 2.52. The van der Waals surface area contributed by atoms with Crippen LogP contribution >= 0.6 is 11.8 Å². The van der Waals surface area contributed by atoms with E-state index in [-0.39, 0.29) is 6.61 Å². The van der Waals surface area contributed by atoms with Crippen molar-refractivity contribution in [2.45, 2.75) is 31.0 Å². The van der Waals surface area contributed by atoms with Crippen LogP contribution in [0.3, 0.4) is 0 Å². The highest BCUT2D eigenvalue weighted by atomic mass is 32.2. The molecule has 0 spiro atoms. The second-order valence-electron chi connectivity index (χ2n) is 5.54. The summed E-state index contributed by atoms with van der Waals surface area (Å²) in [4.78, 5) is 4.49. The summed E-state index contributed by atoms with van der Waals surface area (Å²) in [5, 5.41) is 10.5. The van der Waals surface area contributed by atoms with Gasteiger partial charge in [0.25, 0.3) is 0 Å². The molecule has 23 heavy (non-hydrogen) atoms. The van der Waals surface area contributed by atoms with E-state index in [1.165, 1.54) is 16.7 Å². The second-order valence-corrected chi connectivity index (χ2v) is 6.48. The predicted molar refractivity (Wildman–Crippen MR) is 94.4 cm³/mol. The van der Waals surface area contributed by atoms with Gasteiger partial charge in [0.1, 0.15) is 0 Å². The fourth-order valence-corrected chi connectivity index (χ4v) is 3.46. The van der Waals surface area contributed by atoms with Crippen LogP contribution in [0.1, 0.15) is 22.4 Å². The Labute approximate surface area is 141 Å². The van der Waals surface area contributed by atoms with E-state index in [4.69, 9.17) is 0 Å². The lowest BCUT2D eigenvalue weighted by Crippen LogP contribution is -2.06. The average Bonchev–Trinajstić information content (AvgIpc) is 2.96. The van der Waals surface area contributed by atoms with E-state index in [2.05, 4.69) is 52.9 Å². The van der Waals surface area contributed by atoms with Crippen LogP contribution in [0.4, 0.5) is 0 Å². The van der Waals surface area contributed by atoms with Crippen molar-refractivity contribution in [1.82, 2.24) is 9.55 Å². The molecule has 1 aromatic heterocycles. The molecule has 2 aromatic carbocycles. The first kappa shape index (κ1) is 15.8. The van der Waals surface area contributed by atoms with Crippen molar-refractivity contribution < 1.29 is 5.11 Å². The highest BCUT2D eigenvalue weighted by molar-refractivity contribution is 7.98. The summed E-state index contributed by atoms with van der Waals surface area (Å²) in [7, 11) is 0. The van der Waals surface area contributed by atoms with Gasteiger partial charge in [-0.05, 0) is 18.1 Å². The molecule has 1 heterocycles. The Bertz CT molecular complexity index is 768. The molecule has 0 aliphatic rings. The first-order valence-corrected chi connectivity index (χ1v) is 8.62. The molecule has 3 rings (SSSR count). The zero-order valence-electron chi connectivity index (χ0n) is 13.1. The van der Waals surface area contributed by atoms with Crippen molar-refractivity contribution in [3.05, 3.63) is 83.2 Å². The molecule has 0 saturated carbocycles. The predicted octanol–water partition coefficient (Wildman–Crippen LogP) is 4.02. The average molecular weight is 324 g/mol. The zero-order valence-corrected chi connectivity index (χ0v) is 14.0. The molecule has 1 N–H and O–H groups in total. The Morgan fingerprint density at radius 2 is 1.83 bits per heavy atom. The third-order valence-corrected chi connectivity index (χ3v) is 4.76. The van der Waals surface area contributed by atoms with Crippen LogP contribution in [0.15, 0.2) is 66.0 Å². The molecule has 0 atom stereocenters. The highest BCUT2D eigenvalue weighted by Crippen LogP contribution is 2.24. The minimum atomic E-state index is 0.00480. The lowest BCUT2D eigenvalue weighted by Gasteiger charge is -2.11. The topological polar surface area (TPSA) is 38.1 Å². The third-order valence-electron chi connectivity index (χ3n) is 3.70. The molecular weight excluding hydrogens is 304 g/mol. The first-order chi connectivity index (χ1) is 11.3. The summed E-state index contributed by atoms with van der Waals surface area (Å²) in [5.41, 5.74) is 4.61. The molecule has 4 heteroatoms. The van der Waals surface area contributed by atoms with Gasteiger partial charge in [-0.1, -0.05) is 71.9 Å². The molecule has 0 unspecified atom stereocenters. The normalized spacial score (nSPS) is 10.9. The van der Waals surface area contributed by atoms with E-state index < -0.39 is 0 Å². The highest BCUT2D eigenvalue weighted by Gasteiger charge is 2.10. The van der Waals surface area contributed by atoms with Crippen molar-refractivity contribution in [1.29, 1.82) is 0 Å². The van der Waals surface area contributed by atoms with Crippen LogP contribution in [-0.2, 0) is 18.9 Å². The van der Waals surface area contributed by atoms with Gasteiger partial charge in [-0.15, -0.1) is 0 Å². The minimum absolute atomic E-state index is 0.00480. The van der Waals surface area contributed by atoms with Crippen molar-refractivity contribution in [3.63, 3.8) is 0 Å². The molecule has 0 saturated heterocycles. The van der Waals surface area contributed by atoms with Crippen molar-refractivity contribution in [2.75, 3.05) is 0 Å². The van der Waals surface area contributed by atoms with Gasteiger partial charge in [0.15, 0.2) is 5.16 Å². The van der Waals surface area contributed by atoms with Crippen molar-refractivity contribution >= 4 is 11.8 Å². The summed E-state index contributed by atoms with van der Waals surface area (Å²) in [6, 6.07) is 18.8.